The lowest BCUT2D eigenvalue weighted by atomic mass is 10.1. The molecule has 5 heterocycles. The molecular weight excluding hydrogens is 490 g/mol. The van der Waals surface area contributed by atoms with E-state index in [2.05, 4.69) is 25.6 Å². The summed E-state index contributed by atoms with van der Waals surface area (Å²) in [5, 5.41) is 5.55. The van der Waals surface area contributed by atoms with Crippen LogP contribution >= 0.6 is 0 Å². The Hall–Kier alpha value is -4.13. The first-order chi connectivity index (χ1) is 17.0. The molecule has 0 aromatic carbocycles. The average molecular weight is 514 g/mol. The lowest BCUT2D eigenvalue weighted by Gasteiger charge is -2.31. The fourth-order valence-corrected chi connectivity index (χ4v) is 4.21. The Morgan fingerprint density at radius 3 is 2.64 bits per heavy atom. The van der Waals surface area contributed by atoms with Gasteiger partial charge in [0.05, 0.1) is 11.4 Å². The highest BCUT2D eigenvalue weighted by Crippen LogP contribution is 2.43. The quantitative estimate of drug-likeness (QED) is 0.518. The van der Waals surface area contributed by atoms with E-state index in [-0.39, 0.29) is 40.9 Å². The molecule has 0 fully saturated rings. The molecule has 0 atom stereocenters. The Labute approximate surface area is 206 Å². The maximum atomic E-state index is 12.2. The van der Waals surface area contributed by atoms with Crippen molar-refractivity contribution in [3.05, 3.63) is 30.5 Å². The van der Waals surface area contributed by atoms with Crippen LogP contribution in [0.3, 0.4) is 0 Å². The van der Waals surface area contributed by atoms with Crippen LogP contribution in [0.15, 0.2) is 35.5 Å². The number of amides is 1. The Balaban J connectivity index is 1.60. The van der Waals surface area contributed by atoms with Gasteiger partial charge in [-0.05, 0) is 26.0 Å². The molecule has 0 aliphatic carbocycles. The lowest BCUT2D eigenvalue weighted by molar-refractivity contribution is -0.114. The summed E-state index contributed by atoms with van der Waals surface area (Å²) in [6, 6.07) is 6.38. The molecule has 0 radical (unpaired) electrons. The van der Waals surface area contributed by atoms with Crippen molar-refractivity contribution in [1.82, 2.24) is 15.0 Å². The molecule has 0 unspecified atom stereocenters. The second-order valence-corrected chi connectivity index (χ2v) is 10.8. The summed E-state index contributed by atoms with van der Waals surface area (Å²) in [6.45, 7) is 5.44. The van der Waals surface area contributed by atoms with Crippen LogP contribution in [0.4, 0.5) is 17.3 Å². The Kier molecular flexibility index (Phi) is 5.58. The van der Waals surface area contributed by atoms with Gasteiger partial charge in [-0.2, -0.15) is 0 Å². The number of carbonyl (C=O) groups excluding carboxylic acids is 1. The molecule has 2 aliphatic heterocycles. The van der Waals surface area contributed by atoms with E-state index >= 15 is 0 Å². The molecule has 12 nitrogen and oxygen atoms in total. The van der Waals surface area contributed by atoms with Gasteiger partial charge < -0.3 is 29.6 Å². The fourth-order valence-electron chi connectivity index (χ4n) is 3.63. The zero-order valence-electron chi connectivity index (χ0n) is 19.9. The highest BCUT2D eigenvalue weighted by molar-refractivity contribution is 7.90. The maximum Gasteiger partial charge on any atom is 0.257 e. The molecule has 2 aliphatic rings. The molecule has 2 N–H and O–H groups in total. The van der Waals surface area contributed by atoms with E-state index in [0.29, 0.717) is 35.2 Å². The van der Waals surface area contributed by atoms with Gasteiger partial charge in [0.2, 0.25) is 18.4 Å². The molecular formula is C23H23N5O7S. The van der Waals surface area contributed by atoms with Crippen LogP contribution in [0.5, 0.6) is 23.1 Å². The number of hydrogen-bond acceptors (Lipinski definition) is 11. The number of sulfone groups is 1. The number of nitrogens with zero attached hydrogens (tertiary/aromatic N) is 3. The summed E-state index contributed by atoms with van der Waals surface area (Å²) in [4.78, 5) is 24.8. The number of aromatic nitrogens is 3. The standard InChI is InChI=1S/C23H23N5O7S/c1-12(29)25-18-7-15(26-21-20-17(33-11-34-20)8-19(28-21)36(4,30)31)13(9-24-18)14-5-6-16-22(27-14)32-10-23(2,3)35-16/h5-9H,10-11H2,1-4H3,(H2,24,25,26,28,29). The highest BCUT2D eigenvalue weighted by atomic mass is 32.2. The minimum absolute atomic E-state index is 0.0840. The number of ether oxygens (including phenoxy) is 4. The van der Waals surface area contributed by atoms with Crippen LogP contribution in [0.2, 0.25) is 0 Å². The smallest absolute Gasteiger partial charge is 0.257 e. The molecule has 3 aromatic heterocycles. The Bertz CT molecular complexity index is 1490. The number of anilines is 3. The molecule has 0 bridgehead atoms. The van der Waals surface area contributed by atoms with Crippen molar-refractivity contribution >= 4 is 33.1 Å². The molecule has 0 saturated carbocycles. The number of hydrogen-bond donors (Lipinski definition) is 2. The van der Waals surface area contributed by atoms with E-state index in [1.165, 1.54) is 19.2 Å². The van der Waals surface area contributed by atoms with Gasteiger partial charge in [-0.15, -0.1) is 0 Å². The van der Waals surface area contributed by atoms with Gasteiger partial charge >= 0.3 is 0 Å². The van der Waals surface area contributed by atoms with Crippen molar-refractivity contribution in [3.8, 4) is 34.4 Å². The van der Waals surface area contributed by atoms with Crippen molar-refractivity contribution in [3.63, 3.8) is 0 Å². The van der Waals surface area contributed by atoms with Crippen LogP contribution in [-0.2, 0) is 14.6 Å². The zero-order chi connectivity index (χ0) is 25.7. The average Bonchev–Trinajstić information content (AvgIpc) is 3.27. The summed E-state index contributed by atoms with van der Waals surface area (Å²) in [5.74, 6) is 1.41. The van der Waals surface area contributed by atoms with Crippen molar-refractivity contribution in [1.29, 1.82) is 0 Å². The zero-order valence-corrected chi connectivity index (χ0v) is 20.7. The number of rotatable bonds is 5. The van der Waals surface area contributed by atoms with Crippen molar-refractivity contribution in [2.75, 3.05) is 30.3 Å². The van der Waals surface area contributed by atoms with Gasteiger partial charge in [0, 0.05) is 37.1 Å². The first kappa shape index (κ1) is 23.6. The Morgan fingerprint density at radius 1 is 1.08 bits per heavy atom. The molecule has 0 spiro atoms. The lowest BCUT2D eigenvalue weighted by Crippen LogP contribution is -2.39. The van der Waals surface area contributed by atoms with Crippen molar-refractivity contribution in [2.45, 2.75) is 31.4 Å². The SMILES string of the molecule is CC(=O)Nc1cc(Nc2nc(S(C)(=O)=O)cc3c2OCO3)c(-c2ccc3c(n2)OCC(C)(C)O3)cn1. The number of pyridine rings is 3. The molecule has 1 amide bonds. The van der Waals surface area contributed by atoms with E-state index in [0.717, 1.165) is 6.26 Å². The first-order valence-corrected chi connectivity index (χ1v) is 12.8. The summed E-state index contributed by atoms with van der Waals surface area (Å²) in [7, 11) is -3.64. The van der Waals surface area contributed by atoms with E-state index < -0.39 is 15.4 Å². The predicted molar refractivity (Wildman–Crippen MR) is 129 cm³/mol. The number of carbonyl (C=O) groups is 1. The van der Waals surface area contributed by atoms with Gasteiger partial charge in [0.25, 0.3) is 5.88 Å². The number of fused-ring (bicyclic) bond motifs is 2. The summed E-state index contributed by atoms with van der Waals surface area (Å²) in [6.07, 6.45) is 2.57. The fraction of sp³-hybridized carbons (Fsp3) is 0.304. The molecule has 13 heteroatoms. The van der Waals surface area contributed by atoms with Gasteiger partial charge in [-0.1, -0.05) is 0 Å². The minimum Gasteiger partial charge on any atom is -0.479 e. The van der Waals surface area contributed by atoms with E-state index in [1.54, 1.807) is 18.2 Å². The van der Waals surface area contributed by atoms with Gasteiger partial charge in [0.15, 0.2) is 32.2 Å². The van der Waals surface area contributed by atoms with Crippen LogP contribution < -0.4 is 29.6 Å². The second kappa shape index (κ2) is 8.52. The largest absolute Gasteiger partial charge is 0.479 e. The normalized spacial score (nSPS) is 15.3. The predicted octanol–water partition coefficient (Wildman–Crippen LogP) is 2.92. The first-order valence-electron chi connectivity index (χ1n) is 10.9. The minimum atomic E-state index is -3.64. The van der Waals surface area contributed by atoms with Gasteiger partial charge in [-0.25, -0.2) is 23.4 Å². The van der Waals surface area contributed by atoms with E-state index in [9.17, 15) is 13.2 Å². The van der Waals surface area contributed by atoms with Crippen LogP contribution in [-0.4, -0.2) is 54.5 Å². The van der Waals surface area contributed by atoms with E-state index in [1.807, 2.05) is 13.8 Å². The molecule has 3 aromatic rings. The van der Waals surface area contributed by atoms with Crippen LogP contribution in [0.25, 0.3) is 11.3 Å². The molecule has 188 valence electrons. The molecule has 5 rings (SSSR count). The molecule has 0 saturated heterocycles. The molecule has 36 heavy (non-hydrogen) atoms. The Morgan fingerprint density at radius 2 is 1.89 bits per heavy atom. The summed E-state index contributed by atoms with van der Waals surface area (Å²) in [5.41, 5.74) is 0.964. The maximum absolute atomic E-state index is 12.2. The third-order valence-electron chi connectivity index (χ3n) is 5.22. The monoisotopic (exact) mass is 513 g/mol. The second-order valence-electron chi connectivity index (χ2n) is 8.89. The topological polar surface area (TPSA) is 151 Å². The van der Waals surface area contributed by atoms with Crippen LogP contribution in [0.1, 0.15) is 20.8 Å². The van der Waals surface area contributed by atoms with Gasteiger partial charge in [-0.3, -0.25) is 4.79 Å². The van der Waals surface area contributed by atoms with Crippen molar-refractivity contribution < 1.29 is 32.2 Å². The third kappa shape index (κ3) is 4.69. The van der Waals surface area contributed by atoms with Gasteiger partial charge in [0.1, 0.15) is 18.0 Å². The highest BCUT2D eigenvalue weighted by Gasteiger charge is 2.30. The van der Waals surface area contributed by atoms with Crippen LogP contribution in [0, 0.1) is 0 Å². The number of nitrogens with one attached hydrogen (secondary N) is 2. The third-order valence-corrected chi connectivity index (χ3v) is 6.19. The summed E-state index contributed by atoms with van der Waals surface area (Å²) < 4.78 is 47.1. The summed E-state index contributed by atoms with van der Waals surface area (Å²) >= 11 is 0. The van der Waals surface area contributed by atoms with Crippen molar-refractivity contribution in [2.24, 2.45) is 0 Å². The van der Waals surface area contributed by atoms with E-state index in [4.69, 9.17) is 18.9 Å².